The molecule has 4 aliphatic heterocycles. The maximum absolute atomic E-state index is 14.8. The molecule has 10 heteroatoms. The molecule has 2 N–H and O–H groups in total. The Morgan fingerprint density at radius 3 is 2.51 bits per heavy atom. The number of aryl methyl sites for hydroxylation is 2. The summed E-state index contributed by atoms with van der Waals surface area (Å²) in [5.41, 5.74) is 1.14. The van der Waals surface area contributed by atoms with E-state index < -0.39 is 53.6 Å². The second-order valence-electron chi connectivity index (χ2n) is 12.3. The van der Waals surface area contributed by atoms with Gasteiger partial charge < -0.3 is 29.7 Å². The fourth-order valence-corrected chi connectivity index (χ4v) is 7.21. The lowest BCUT2D eigenvalue weighted by atomic mass is 9.77. The van der Waals surface area contributed by atoms with Gasteiger partial charge in [-0.2, -0.15) is 0 Å². The molecule has 0 aliphatic carbocycles. The number of carbonyl (C=O) groups is 4. The van der Waals surface area contributed by atoms with Gasteiger partial charge in [0.15, 0.2) is 0 Å². The fraction of sp³-hybridized carbons (Fsp3) is 0.576. The Kier molecular flexibility index (Phi) is 8.81. The molecule has 2 fully saturated rings. The minimum absolute atomic E-state index is 0.124. The van der Waals surface area contributed by atoms with Crippen molar-refractivity contribution in [3.05, 3.63) is 53.6 Å². The fourth-order valence-electron chi connectivity index (χ4n) is 7.21. The first-order valence-corrected chi connectivity index (χ1v) is 15.4. The van der Waals surface area contributed by atoms with Gasteiger partial charge in [0.1, 0.15) is 23.7 Å². The molecule has 43 heavy (non-hydrogen) atoms. The molecular weight excluding hydrogens is 550 g/mol. The molecule has 1 spiro atoms. The number of para-hydroxylation sites is 1. The number of nitrogens with zero attached hydrogens (tertiary/aromatic N) is 2. The molecule has 5 rings (SSSR count). The van der Waals surface area contributed by atoms with Crippen LogP contribution in [0.3, 0.4) is 0 Å². The molecule has 4 heterocycles. The topological polar surface area (TPSA) is 125 Å². The van der Waals surface area contributed by atoms with Crippen LogP contribution < -0.4 is 10.2 Å². The average molecular weight is 594 g/mol. The van der Waals surface area contributed by atoms with Crippen molar-refractivity contribution in [3.8, 4) is 0 Å². The summed E-state index contributed by atoms with van der Waals surface area (Å²) in [6, 6.07) is 4.06. The zero-order valence-corrected chi connectivity index (χ0v) is 25.6. The van der Waals surface area contributed by atoms with Gasteiger partial charge >= 0.3 is 5.97 Å². The van der Waals surface area contributed by atoms with Crippen molar-refractivity contribution >= 4 is 29.4 Å². The highest BCUT2D eigenvalue weighted by Crippen LogP contribution is 2.54. The molecule has 232 valence electrons. The van der Waals surface area contributed by atoms with E-state index in [0.717, 1.165) is 16.8 Å². The van der Waals surface area contributed by atoms with Crippen LogP contribution in [0.5, 0.6) is 0 Å². The summed E-state index contributed by atoms with van der Waals surface area (Å²) in [5, 5.41) is 13.4. The third-order valence-corrected chi connectivity index (χ3v) is 9.53. The zero-order chi connectivity index (χ0) is 31.1. The first-order chi connectivity index (χ1) is 20.5. The van der Waals surface area contributed by atoms with Gasteiger partial charge in [-0.1, -0.05) is 62.8 Å². The molecule has 3 amide bonds. The Hall–Kier alpha value is -3.50. The van der Waals surface area contributed by atoms with Crippen molar-refractivity contribution in [3.63, 3.8) is 0 Å². The second kappa shape index (κ2) is 12.2. The Morgan fingerprint density at radius 2 is 1.84 bits per heavy atom. The number of fused-ring (bicyclic) bond motifs is 2. The van der Waals surface area contributed by atoms with E-state index in [9.17, 15) is 24.3 Å². The lowest BCUT2D eigenvalue weighted by Gasteiger charge is -2.40. The molecule has 0 bridgehead atoms. The molecule has 2 saturated heterocycles. The zero-order valence-electron chi connectivity index (χ0n) is 25.6. The van der Waals surface area contributed by atoms with Crippen molar-refractivity contribution in [1.29, 1.82) is 0 Å². The Balaban J connectivity index is 1.66. The lowest BCUT2D eigenvalue weighted by molar-refractivity contribution is -0.159. The molecule has 1 aromatic carbocycles. The van der Waals surface area contributed by atoms with Crippen molar-refractivity contribution in [2.24, 2.45) is 17.8 Å². The van der Waals surface area contributed by atoms with Gasteiger partial charge in [0.25, 0.3) is 5.91 Å². The van der Waals surface area contributed by atoms with Gasteiger partial charge in [-0.15, -0.1) is 0 Å². The number of carbonyl (C=O) groups excluding carboxylic acids is 4. The highest BCUT2D eigenvalue weighted by atomic mass is 16.6. The van der Waals surface area contributed by atoms with Crippen LogP contribution in [0.1, 0.15) is 51.2 Å². The van der Waals surface area contributed by atoms with Crippen LogP contribution in [0.4, 0.5) is 5.69 Å². The van der Waals surface area contributed by atoms with Crippen molar-refractivity contribution in [2.75, 3.05) is 24.6 Å². The first kappa shape index (κ1) is 30.9. The number of rotatable bonds is 5. The molecule has 10 nitrogen and oxygen atoms in total. The largest absolute Gasteiger partial charge is 0.460 e. The molecule has 0 unspecified atom stereocenters. The lowest BCUT2D eigenvalue weighted by Crippen LogP contribution is -2.59. The van der Waals surface area contributed by atoms with Gasteiger partial charge in [0, 0.05) is 18.7 Å². The summed E-state index contributed by atoms with van der Waals surface area (Å²) in [4.78, 5) is 58.7. The molecule has 4 aliphatic rings. The SMILES string of the molecule is CC[C@H](C)[C@H](CO)N1C(=O)[C@H]2[C@@H]3C(=O)O[C@@H](C)CNC(=O)CC/C=C\[C@@H]3O[C@]23C=CCN(c2c(C)cccc2C)C(=O)[C@H]13. The van der Waals surface area contributed by atoms with E-state index in [4.69, 9.17) is 9.47 Å². The Bertz CT molecular complexity index is 1320. The molecule has 8 atom stereocenters. The molecule has 0 radical (unpaired) electrons. The number of allylic oxidation sites excluding steroid dienone is 1. The highest BCUT2D eigenvalue weighted by Gasteiger charge is 2.72. The smallest absolute Gasteiger partial charge is 0.313 e. The number of likely N-dealkylation sites (tertiary alicyclic amines) is 1. The van der Waals surface area contributed by atoms with Gasteiger partial charge in [0.2, 0.25) is 11.8 Å². The standard InChI is InChI=1S/C33H43N3O7/c1-6-19(2)23(18-37)36-29-31(40)35(28-20(3)11-9-12-21(28)4)16-10-15-33(29)27(30(36)39)26-24(43-33)13-7-8-14-25(38)34-17-22(5)42-32(26)41/h7,9-13,15,19,22-24,26-27,29,37H,6,8,14,16-18H2,1-5H3,(H,34,38)/b13-7-/t19-,22-,23-,24-,26+,27+,29-,33+/m0/s1. The van der Waals surface area contributed by atoms with Gasteiger partial charge in [0.05, 0.1) is 31.2 Å². The first-order valence-electron chi connectivity index (χ1n) is 15.4. The highest BCUT2D eigenvalue weighted by molar-refractivity contribution is 6.06. The number of aliphatic hydroxyl groups is 1. The predicted octanol–water partition coefficient (Wildman–Crippen LogP) is 2.59. The average Bonchev–Trinajstić information content (AvgIpc) is 3.36. The van der Waals surface area contributed by atoms with Gasteiger partial charge in [-0.3, -0.25) is 19.2 Å². The number of benzene rings is 1. The third-order valence-electron chi connectivity index (χ3n) is 9.53. The Labute approximate surface area is 253 Å². The van der Waals surface area contributed by atoms with Crippen LogP contribution in [0.25, 0.3) is 0 Å². The van der Waals surface area contributed by atoms with Crippen LogP contribution in [0.15, 0.2) is 42.5 Å². The van der Waals surface area contributed by atoms with Crippen molar-refractivity contribution in [1.82, 2.24) is 10.2 Å². The van der Waals surface area contributed by atoms with Gasteiger partial charge in [-0.25, -0.2) is 0 Å². The number of anilines is 1. The predicted molar refractivity (Wildman–Crippen MR) is 160 cm³/mol. The number of amides is 3. The number of hydrogen-bond acceptors (Lipinski definition) is 7. The van der Waals surface area contributed by atoms with E-state index >= 15 is 0 Å². The van der Waals surface area contributed by atoms with Crippen LogP contribution in [-0.2, 0) is 28.7 Å². The van der Waals surface area contributed by atoms with E-state index in [1.165, 1.54) is 4.90 Å². The third kappa shape index (κ3) is 5.29. The van der Waals surface area contributed by atoms with Crippen LogP contribution in [-0.4, -0.2) is 83.3 Å². The summed E-state index contributed by atoms with van der Waals surface area (Å²) >= 11 is 0. The van der Waals surface area contributed by atoms with E-state index in [1.54, 1.807) is 30.1 Å². The van der Waals surface area contributed by atoms with Crippen LogP contribution >= 0.6 is 0 Å². The number of aliphatic hydroxyl groups excluding tert-OH is 1. The quantitative estimate of drug-likeness (QED) is 0.397. The number of nitrogens with one attached hydrogen (secondary N) is 1. The summed E-state index contributed by atoms with van der Waals surface area (Å²) in [7, 11) is 0. The van der Waals surface area contributed by atoms with E-state index in [0.29, 0.717) is 12.8 Å². The van der Waals surface area contributed by atoms with Crippen LogP contribution in [0.2, 0.25) is 0 Å². The summed E-state index contributed by atoms with van der Waals surface area (Å²) in [5.74, 6) is -3.68. The van der Waals surface area contributed by atoms with Crippen LogP contribution in [0, 0.1) is 31.6 Å². The van der Waals surface area contributed by atoms with Crippen molar-refractivity contribution in [2.45, 2.75) is 83.8 Å². The number of esters is 1. The maximum atomic E-state index is 14.8. The summed E-state index contributed by atoms with van der Waals surface area (Å²) in [6.07, 6.45) is 7.02. The minimum atomic E-state index is -1.46. The van der Waals surface area contributed by atoms with Crippen molar-refractivity contribution < 1.29 is 33.8 Å². The second-order valence-corrected chi connectivity index (χ2v) is 12.3. The number of ether oxygens (including phenoxy) is 2. The maximum Gasteiger partial charge on any atom is 0.313 e. The number of hydrogen-bond donors (Lipinski definition) is 2. The van der Waals surface area contributed by atoms with Gasteiger partial charge in [-0.05, 0) is 44.2 Å². The molecule has 0 aromatic heterocycles. The normalized spacial score (nSPS) is 33.3. The summed E-state index contributed by atoms with van der Waals surface area (Å²) < 4.78 is 12.5. The molecule has 1 aromatic rings. The summed E-state index contributed by atoms with van der Waals surface area (Å²) in [6.45, 7) is 9.57. The monoisotopic (exact) mass is 593 g/mol. The molecular formula is C33H43N3O7. The molecule has 0 saturated carbocycles. The van der Waals surface area contributed by atoms with E-state index in [1.807, 2.05) is 52.0 Å². The van der Waals surface area contributed by atoms with E-state index in [2.05, 4.69) is 5.32 Å². The Morgan fingerprint density at radius 1 is 1.12 bits per heavy atom. The minimum Gasteiger partial charge on any atom is -0.460 e. The number of cyclic esters (lactones) is 1. The van der Waals surface area contributed by atoms with E-state index in [-0.39, 0.29) is 43.8 Å².